The summed E-state index contributed by atoms with van der Waals surface area (Å²) < 4.78 is 0. The minimum absolute atomic E-state index is 0. The molecule has 0 spiro atoms. The summed E-state index contributed by atoms with van der Waals surface area (Å²) in [6, 6.07) is 8.73. The van der Waals surface area contributed by atoms with Gasteiger partial charge in [0.2, 0.25) is 0 Å². The molecule has 0 heteroatoms. The lowest BCUT2D eigenvalue weighted by atomic mass is 9.79. The highest BCUT2D eigenvalue weighted by molar-refractivity contribution is 5.76. The third-order valence-corrected chi connectivity index (χ3v) is 4.94. The van der Waals surface area contributed by atoms with Crippen LogP contribution in [0.15, 0.2) is 90.1 Å². The van der Waals surface area contributed by atoms with Crippen LogP contribution in [0.1, 0.15) is 79.9 Å². The van der Waals surface area contributed by atoms with Crippen molar-refractivity contribution in [2.75, 3.05) is 0 Å². The molecule has 0 aliphatic heterocycles. The fourth-order valence-electron chi connectivity index (χ4n) is 3.19. The second kappa shape index (κ2) is 13.8. The zero-order valence-electron chi connectivity index (χ0n) is 16.0. The summed E-state index contributed by atoms with van der Waals surface area (Å²) in [4.78, 5) is 0. The van der Waals surface area contributed by atoms with Gasteiger partial charge >= 0.3 is 0 Å². The van der Waals surface area contributed by atoms with Crippen LogP contribution in [0.3, 0.4) is 0 Å². The molecule has 0 bridgehead atoms. The first-order valence-electron chi connectivity index (χ1n) is 9.15. The van der Waals surface area contributed by atoms with E-state index in [9.17, 15) is 0 Å². The van der Waals surface area contributed by atoms with E-state index in [2.05, 4.69) is 75.1 Å². The quantitative estimate of drug-likeness (QED) is 0.394. The molecule has 3 rings (SSSR count). The van der Waals surface area contributed by atoms with Gasteiger partial charge in [-0.1, -0.05) is 107 Å². The van der Waals surface area contributed by atoms with Gasteiger partial charge in [-0.05, 0) is 62.8 Å². The molecule has 154 valence electrons. The van der Waals surface area contributed by atoms with E-state index in [1.54, 1.807) is 0 Å². The van der Waals surface area contributed by atoms with Crippen LogP contribution in [0.2, 0.25) is 0 Å². The van der Waals surface area contributed by atoms with Crippen LogP contribution >= 0.6 is 0 Å². The van der Waals surface area contributed by atoms with Crippen LogP contribution in [-0.4, -0.2) is 0 Å². The van der Waals surface area contributed by atoms with Crippen LogP contribution in [0.5, 0.6) is 0 Å². The summed E-state index contributed by atoms with van der Waals surface area (Å²) in [5.74, 6) is 0.485. The highest BCUT2D eigenvalue weighted by Crippen LogP contribution is 2.38. The van der Waals surface area contributed by atoms with E-state index >= 15 is 0 Å². The molecule has 0 fully saturated rings. The Morgan fingerprint density at radius 3 is 2.25 bits per heavy atom. The van der Waals surface area contributed by atoms with E-state index < -0.39 is 0 Å². The Balaban J connectivity index is 0. The molecular formula is C28H42. The first-order chi connectivity index (χ1) is 12.1. The summed E-state index contributed by atoms with van der Waals surface area (Å²) in [5.41, 5.74) is 7.98. The fraction of sp³-hybridized carbons (Fsp3) is 0.357. The monoisotopic (exact) mass is 378 g/mol. The molecule has 0 nitrogen and oxygen atoms in total. The number of hydrogen-bond acceptors (Lipinski definition) is 0. The largest absolute Gasteiger partial charge is 0.0919 e. The molecule has 0 aromatic heterocycles. The normalized spacial score (nSPS) is 21.4. The van der Waals surface area contributed by atoms with Gasteiger partial charge in [-0.25, -0.2) is 0 Å². The Morgan fingerprint density at radius 1 is 0.964 bits per heavy atom. The van der Waals surface area contributed by atoms with E-state index in [1.165, 1.54) is 27.8 Å². The summed E-state index contributed by atoms with van der Waals surface area (Å²) >= 11 is 0. The third-order valence-electron chi connectivity index (χ3n) is 4.94. The van der Waals surface area contributed by atoms with Gasteiger partial charge in [-0.2, -0.15) is 0 Å². The Morgan fingerprint density at radius 2 is 1.61 bits per heavy atom. The molecule has 1 unspecified atom stereocenters. The zero-order chi connectivity index (χ0) is 18.2. The van der Waals surface area contributed by atoms with E-state index in [4.69, 9.17) is 0 Å². The smallest absolute Gasteiger partial charge is 0.00951 e. The molecule has 1 aromatic rings. The maximum atomic E-state index is 4.31. The molecule has 0 heterocycles. The molecule has 0 N–H and O–H groups in total. The van der Waals surface area contributed by atoms with Gasteiger partial charge in [0.15, 0.2) is 0 Å². The zero-order valence-corrected chi connectivity index (χ0v) is 16.0. The van der Waals surface area contributed by atoms with E-state index in [0.29, 0.717) is 5.92 Å². The van der Waals surface area contributed by atoms with Crippen molar-refractivity contribution in [2.24, 2.45) is 0 Å². The SMILES string of the molecule is C.C.C.C=C1/C=C(C)\C(C)=C/CC2=CC=CCC2c2ccccc21.CC=CC. The number of benzene rings is 1. The molecular weight excluding hydrogens is 336 g/mol. The van der Waals surface area contributed by atoms with Crippen molar-refractivity contribution in [3.63, 3.8) is 0 Å². The predicted octanol–water partition coefficient (Wildman–Crippen LogP) is 9.46. The highest BCUT2D eigenvalue weighted by atomic mass is 14.2. The number of allylic oxidation sites excluding steroid dienone is 11. The van der Waals surface area contributed by atoms with Crippen LogP contribution in [0, 0.1) is 0 Å². The summed E-state index contributed by atoms with van der Waals surface area (Å²) in [6.45, 7) is 12.7. The van der Waals surface area contributed by atoms with Gasteiger partial charge in [0.1, 0.15) is 0 Å². The summed E-state index contributed by atoms with van der Waals surface area (Å²) in [5, 5.41) is 0. The third kappa shape index (κ3) is 7.00. The first-order valence-corrected chi connectivity index (χ1v) is 9.15. The van der Waals surface area contributed by atoms with Gasteiger partial charge in [0.05, 0.1) is 0 Å². The molecule has 2 aliphatic carbocycles. The van der Waals surface area contributed by atoms with Crippen LogP contribution in [0.4, 0.5) is 0 Å². The summed E-state index contributed by atoms with van der Waals surface area (Å²) in [6.07, 6.45) is 17.5. The standard InChI is InChI=1S/C21H22.C4H8.3CH4/c1-15-12-13-18-8-4-5-10-20(18)21-11-7-6-9-19(21)17(3)14-16(15)2;1-3-4-2;;;/h4-9,11-12,14,20H,3,10,13H2,1-2H3;3-4H,1-2H3;3*1H4/b15-12-,16-14-;;;;. The van der Waals surface area contributed by atoms with Gasteiger partial charge < -0.3 is 0 Å². The number of fused-ring (bicyclic) bond motifs is 3. The van der Waals surface area contributed by atoms with Crippen LogP contribution in [0.25, 0.3) is 5.57 Å². The van der Waals surface area contributed by atoms with E-state index in [-0.39, 0.29) is 22.3 Å². The van der Waals surface area contributed by atoms with Crippen molar-refractivity contribution >= 4 is 5.57 Å². The minimum Gasteiger partial charge on any atom is -0.0919 e. The molecule has 0 saturated carbocycles. The Bertz CT molecular complexity index is 759. The van der Waals surface area contributed by atoms with Crippen molar-refractivity contribution in [2.45, 2.75) is 68.7 Å². The fourth-order valence-corrected chi connectivity index (χ4v) is 3.19. The number of hydrogen-bond donors (Lipinski definition) is 0. The van der Waals surface area contributed by atoms with E-state index in [0.717, 1.165) is 18.4 Å². The maximum absolute atomic E-state index is 4.31. The van der Waals surface area contributed by atoms with E-state index in [1.807, 2.05) is 26.0 Å². The predicted molar refractivity (Wildman–Crippen MR) is 133 cm³/mol. The second-order valence-electron chi connectivity index (χ2n) is 6.66. The molecule has 0 saturated heterocycles. The van der Waals surface area contributed by atoms with Crippen molar-refractivity contribution in [3.05, 3.63) is 101 Å². The second-order valence-corrected chi connectivity index (χ2v) is 6.66. The topological polar surface area (TPSA) is 0 Å². The molecule has 1 atom stereocenters. The van der Waals surface area contributed by atoms with Crippen LogP contribution < -0.4 is 0 Å². The molecule has 1 aromatic carbocycles. The molecule has 0 radical (unpaired) electrons. The van der Waals surface area contributed by atoms with Crippen LogP contribution in [-0.2, 0) is 0 Å². The highest BCUT2D eigenvalue weighted by Gasteiger charge is 2.20. The number of rotatable bonds is 0. The Kier molecular flexibility index (Phi) is 13.7. The van der Waals surface area contributed by atoms with Crippen molar-refractivity contribution in [1.82, 2.24) is 0 Å². The minimum atomic E-state index is 0. The molecule has 0 amide bonds. The average Bonchev–Trinajstić information content (AvgIpc) is 2.65. The van der Waals surface area contributed by atoms with Crippen molar-refractivity contribution in [3.8, 4) is 0 Å². The average molecular weight is 379 g/mol. The van der Waals surface area contributed by atoms with Gasteiger partial charge in [0.25, 0.3) is 0 Å². The maximum Gasteiger partial charge on any atom is 0.00951 e. The van der Waals surface area contributed by atoms with Gasteiger partial charge in [0, 0.05) is 5.92 Å². The Labute approximate surface area is 175 Å². The van der Waals surface area contributed by atoms with Crippen molar-refractivity contribution < 1.29 is 0 Å². The summed E-state index contributed by atoms with van der Waals surface area (Å²) in [7, 11) is 0. The lowest BCUT2D eigenvalue weighted by molar-refractivity contribution is 0.772. The van der Waals surface area contributed by atoms with Gasteiger partial charge in [-0.15, -0.1) is 0 Å². The molecule has 28 heavy (non-hydrogen) atoms. The molecule has 2 aliphatic rings. The van der Waals surface area contributed by atoms with Gasteiger partial charge in [-0.3, -0.25) is 0 Å². The first kappa shape index (κ1) is 27.9. The Hall–Kier alpha value is -2.34. The van der Waals surface area contributed by atoms with Crippen molar-refractivity contribution in [1.29, 1.82) is 0 Å². The lowest BCUT2D eigenvalue weighted by Gasteiger charge is -2.25. The lowest BCUT2D eigenvalue weighted by Crippen LogP contribution is -2.08.